The van der Waals surface area contributed by atoms with E-state index in [1.807, 2.05) is 4.90 Å². The van der Waals surface area contributed by atoms with Gasteiger partial charge in [0.1, 0.15) is 0 Å². The molecule has 0 bridgehead atoms. The molecule has 0 spiro atoms. The number of carbonyl (C=O) groups excluding carboxylic acids is 1. The van der Waals surface area contributed by atoms with Crippen LogP contribution in [0.1, 0.15) is 33.1 Å². The molecule has 3 heteroatoms. The quantitative estimate of drug-likeness (QED) is 0.636. The molecule has 0 aromatic heterocycles. The van der Waals surface area contributed by atoms with Gasteiger partial charge in [0.2, 0.25) is 0 Å². The minimum atomic E-state index is -0.137. The van der Waals surface area contributed by atoms with Crippen molar-refractivity contribution in [3.05, 3.63) is 0 Å². The van der Waals surface area contributed by atoms with Crippen molar-refractivity contribution in [3.63, 3.8) is 0 Å². The van der Waals surface area contributed by atoms with E-state index in [1.165, 1.54) is 0 Å². The number of carbonyl (C=O) groups is 1. The Hall–Kier alpha value is -0.730. The van der Waals surface area contributed by atoms with Crippen molar-refractivity contribution in [2.45, 2.75) is 39.2 Å². The molecule has 0 aliphatic carbocycles. The molecule has 0 aromatic rings. The summed E-state index contributed by atoms with van der Waals surface area (Å²) >= 11 is 0. The number of rotatable bonds is 2. The van der Waals surface area contributed by atoms with Crippen LogP contribution in [0.25, 0.3) is 0 Å². The molecule has 1 amide bonds. The Kier molecular flexibility index (Phi) is 3.38. The summed E-state index contributed by atoms with van der Waals surface area (Å²) in [6.45, 7) is 5.59. The molecule has 0 saturated carbocycles. The Morgan fingerprint density at radius 2 is 2.33 bits per heavy atom. The first-order valence-corrected chi connectivity index (χ1v) is 4.69. The van der Waals surface area contributed by atoms with Gasteiger partial charge in [-0.3, -0.25) is 0 Å². The Balaban J connectivity index is 2.52. The Morgan fingerprint density at radius 1 is 1.58 bits per heavy atom. The molecule has 0 N–H and O–H groups in total. The number of ether oxygens (including phenoxy) is 1. The molecule has 3 nitrogen and oxygen atoms in total. The molecule has 1 aliphatic heterocycles. The Morgan fingerprint density at radius 3 is 3.00 bits per heavy atom. The normalized spacial score (nSPS) is 21.5. The van der Waals surface area contributed by atoms with Crippen LogP contribution in [0.5, 0.6) is 0 Å². The maximum atomic E-state index is 11.3. The zero-order chi connectivity index (χ0) is 8.97. The van der Waals surface area contributed by atoms with Crippen LogP contribution in [0.2, 0.25) is 0 Å². The second kappa shape index (κ2) is 4.33. The highest BCUT2D eigenvalue weighted by Crippen LogP contribution is 2.11. The van der Waals surface area contributed by atoms with Gasteiger partial charge in [-0.05, 0) is 26.2 Å². The summed E-state index contributed by atoms with van der Waals surface area (Å²) in [5.74, 6) is 0. The van der Waals surface area contributed by atoms with Crippen LogP contribution in [0.15, 0.2) is 0 Å². The van der Waals surface area contributed by atoms with Crippen LogP contribution in [0, 0.1) is 0 Å². The highest BCUT2D eigenvalue weighted by molar-refractivity contribution is 5.68. The van der Waals surface area contributed by atoms with E-state index in [0.29, 0.717) is 12.6 Å². The van der Waals surface area contributed by atoms with Gasteiger partial charge in [-0.2, -0.15) is 0 Å². The van der Waals surface area contributed by atoms with Gasteiger partial charge in [0, 0.05) is 12.6 Å². The van der Waals surface area contributed by atoms with Crippen LogP contribution in [-0.2, 0) is 4.74 Å². The minimum Gasteiger partial charge on any atom is -0.449 e. The molecule has 1 rings (SSSR count). The number of hydrogen-bond acceptors (Lipinski definition) is 2. The Bertz CT molecular complexity index is 159. The van der Waals surface area contributed by atoms with E-state index in [2.05, 4.69) is 13.8 Å². The smallest absolute Gasteiger partial charge is 0.409 e. The fourth-order valence-corrected chi connectivity index (χ4v) is 1.34. The highest BCUT2D eigenvalue weighted by atomic mass is 16.6. The number of hydrogen-bond donors (Lipinski definition) is 0. The van der Waals surface area contributed by atoms with Crippen molar-refractivity contribution >= 4 is 6.09 Å². The third-order valence-corrected chi connectivity index (χ3v) is 2.38. The van der Waals surface area contributed by atoms with E-state index >= 15 is 0 Å². The molecule has 1 atom stereocenters. The van der Waals surface area contributed by atoms with Gasteiger partial charge in [0.05, 0.1) is 6.61 Å². The van der Waals surface area contributed by atoms with Gasteiger partial charge in [0.25, 0.3) is 0 Å². The average molecular weight is 171 g/mol. The zero-order valence-electron chi connectivity index (χ0n) is 7.88. The molecule has 1 unspecified atom stereocenters. The second-order valence-electron chi connectivity index (χ2n) is 3.27. The fraction of sp³-hybridized carbons (Fsp3) is 0.889. The van der Waals surface area contributed by atoms with Gasteiger partial charge in [-0.1, -0.05) is 6.92 Å². The number of amides is 1. The third-order valence-electron chi connectivity index (χ3n) is 2.38. The second-order valence-corrected chi connectivity index (χ2v) is 3.27. The van der Waals surface area contributed by atoms with Crippen molar-refractivity contribution in [3.8, 4) is 0 Å². The van der Waals surface area contributed by atoms with Crippen molar-refractivity contribution in [2.75, 3.05) is 13.2 Å². The van der Waals surface area contributed by atoms with Crippen molar-refractivity contribution < 1.29 is 9.53 Å². The lowest BCUT2D eigenvalue weighted by Crippen LogP contribution is -2.37. The molecule has 1 aliphatic rings. The van der Waals surface area contributed by atoms with Gasteiger partial charge in [-0.15, -0.1) is 0 Å². The summed E-state index contributed by atoms with van der Waals surface area (Å²) < 4.78 is 5.03. The van der Waals surface area contributed by atoms with Crippen LogP contribution >= 0.6 is 0 Å². The monoisotopic (exact) mass is 171 g/mol. The van der Waals surface area contributed by atoms with Crippen LogP contribution in [0.4, 0.5) is 4.79 Å². The van der Waals surface area contributed by atoms with Crippen LogP contribution in [0.3, 0.4) is 0 Å². The van der Waals surface area contributed by atoms with E-state index in [0.717, 1.165) is 25.8 Å². The predicted octanol–water partition coefficient (Wildman–Crippen LogP) is 2.02. The zero-order valence-corrected chi connectivity index (χ0v) is 7.88. The fourth-order valence-electron chi connectivity index (χ4n) is 1.34. The molecular formula is C9H17NO2. The van der Waals surface area contributed by atoms with E-state index in [1.54, 1.807) is 0 Å². The van der Waals surface area contributed by atoms with Gasteiger partial charge < -0.3 is 9.64 Å². The molecule has 1 fully saturated rings. The molecule has 1 heterocycles. The number of nitrogens with zero attached hydrogens (tertiary/aromatic N) is 1. The topological polar surface area (TPSA) is 29.5 Å². The molecular weight excluding hydrogens is 154 g/mol. The van der Waals surface area contributed by atoms with Crippen molar-refractivity contribution in [1.82, 2.24) is 4.90 Å². The first-order chi connectivity index (χ1) is 5.75. The van der Waals surface area contributed by atoms with E-state index in [-0.39, 0.29) is 6.09 Å². The molecule has 1 saturated heterocycles. The summed E-state index contributed by atoms with van der Waals surface area (Å²) in [7, 11) is 0. The lowest BCUT2D eigenvalue weighted by molar-refractivity contribution is 0.102. The van der Waals surface area contributed by atoms with Gasteiger partial charge in [-0.25, -0.2) is 4.79 Å². The molecule has 0 radical (unpaired) electrons. The van der Waals surface area contributed by atoms with Gasteiger partial charge in [0.15, 0.2) is 0 Å². The maximum absolute atomic E-state index is 11.3. The van der Waals surface area contributed by atoms with E-state index in [4.69, 9.17) is 4.74 Å². The molecule has 0 aromatic carbocycles. The van der Waals surface area contributed by atoms with Crippen molar-refractivity contribution in [2.24, 2.45) is 0 Å². The summed E-state index contributed by atoms with van der Waals surface area (Å²) in [5, 5.41) is 0. The van der Waals surface area contributed by atoms with Crippen LogP contribution < -0.4 is 0 Å². The largest absolute Gasteiger partial charge is 0.449 e. The summed E-state index contributed by atoms with van der Waals surface area (Å²) in [5.41, 5.74) is 0. The number of cyclic esters (lactones) is 1. The van der Waals surface area contributed by atoms with Gasteiger partial charge >= 0.3 is 6.09 Å². The average Bonchev–Trinajstić information content (AvgIpc) is 2.28. The Labute approximate surface area is 73.7 Å². The van der Waals surface area contributed by atoms with E-state index in [9.17, 15) is 4.79 Å². The van der Waals surface area contributed by atoms with Crippen LogP contribution in [-0.4, -0.2) is 30.2 Å². The first kappa shape index (κ1) is 9.36. The maximum Gasteiger partial charge on any atom is 0.409 e. The molecule has 12 heavy (non-hydrogen) atoms. The summed E-state index contributed by atoms with van der Waals surface area (Å²) in [4.78, 5) is 13.1. The lowest BCUT2D eigenvalue weighted by Gasteiger charge is -2.25. The predicted molar refractivity (Wildman–Crippen MR) is 47.0 cm³/mol. The first-order valence-electron chi connectivity index (χ1n) is 4.69. The third kappa shape index (κ3) is 2.13. The molecule has 70 valence electrons. The van der Waals surface area contributed by atoms with E-state index < -0.39 is 0 Å². The van der Waals surface area contributed by atoms with Crippen molar-refractivity contribution in [1.29, 1.82) is 0 Å². The SMILES string of the molecule is CCC(C)N1CCCCOC1=O. The summed E-state index contributed by atoms with van der Waals surface area (Å²) in [6, 6.07) is 0.315. The minimum absolute atomic E-state index is 0.137. The highest BCUT2D eigenvalue weighted by Gasteiger charge is 2.21. The standard InChI is InChI=1S/C9H17NO2/c1-3-8(2)10-6-4-5-7-12-9(10)11/h8H,3-7H2,1-2H3. The lowest BCUT2D eigenvalue weighted by atomic mass is 10.2. The summed E-state index contributed by atoms with van der Waals surface area (Å²) in [6.07, 6.45) is 2.92.